The van der Waals surface area contributed by atoms with Crippen LogP contribution < -0.4 is 10.6 Å². The second kappa shape index (κ2) is 8.61. The molecule has 0 aliphatic carbocycles. The van der Waals surface area contributed by atoms with Crippen LogP contribution in [0, 0.1) is 5.82 Å². The van der Waals surface area contributed by atoms with Gasteiger partial charge in [-0.1, -0.05) is 15.9 Å². The molecule has 0 amide bonds. The van der Waals surface area contributed by atoms with Crippen LogP contribution in [0.15, 0.2) is 33.0 Å². The Morgan fingerprint density at radius 1 is 1.32 bits per heavy atom. The Balaban J connectivity index is 1.82. The zero-order valence-electron chi connectivity index (χ0n) is 13.1. The third-order valence-corrected chi connectivity index (χ3v) is 4.55. The summed E-state index contributed by atoms with van der Waals surface area (Å²) in [5.41, 5.74) is -0.410. The maximum atomic E-state index is 13.7. The maximum Gasteiger partial charge on any atom is 0.434 e. The molecule has 0 fully saturated rings. The van der Waals surface area contributed by atoms with Crippen molar-refractivity contribution in [2.24, 2.45) is 4.99 Å². The van der Waals surface area contributed by atoms with Crippen LogP contribution in [0.4, 0.5) is 17.6 Å². The number of aromatic nitrogens is 1. The molecule has 1 aromatic heterocycles. The largest absolute Gasteiger partial charge is 0.434 e. The minimum atomic E-state index is -4.42. The molecule has 2 aromatic rings. The van der Waals surface area contributed by atoms with Gasteiger partial charge in [-0.15, -0.1) is 11.3 Å². The molecule has 2 N–H and O–H groups in total. The number of hydrogen-bond acceptors (Lipinski definition) is 3. The van der Waals surface area contributed by atoms with Gasteiger partial charge in [-0.2, -0.15) is 13.2 Å². The van der Waals surface area contributed by atoms with Gasteiger partial charge >= 0.3 is 6.18 Å². The van der Waals surface area contributed by atoms with E-state index in [4.69, 9.17) is 0 Å². The fourth-order valence-electron chi connectivity index (χ4n) is 1.92. The normalized spacial score (nSPS) is 12.3. The lowest BCUT2D eigenvalue weighted by Gasteiger charge is -2.12. The molecule has 0 saturated carbocycles. The van der Waals surface area contributed by atoms with Crippen molar-refractivity contribution in [2.75, 3.05) is 13.6 Å². The molecule has 136 valence electrons. The summed E-state index contributed by atoms with van der Waals surface area (Å²) in [5, 5.41) is 7.29. The minimum Gasteiger partial charge on any atom is -0.356 e. The summed E-state index contributed by atoms with van der Waals surface area (Å²) < 4.78 is 51.9. The highest BCUT2D eigenvalue weighted by Crippen LogP contribution is 2.30. The van der Waals surface area contributed by atoms with Gasteiger partial charge in [-0.3, -0.25) is 4.99 Å². The molecule has 25 heavy (non-hydrogen) atoms. The lowest BCUT2D eigenvalue weighted by atomic mass is 10.2. The van der Waals surface area contributed by atoms with E-state index in [0.29, 0.717) is 29.5 Å². The van der Waals surface area contributed by atoms with E-state index < -0.39 is 11.9 Å². The average molecular weight is 439 g/mol. The number of halogens is 5. The molecule has 4 nitrogen and oxygen atoms in total. The molecule has 0 aliphatic rings. The Bertz CT molecular complexity index is 745. The molecule has 0 unspecified atom stereocenters. The van der Waals surface area contributed by atoms with Crippen molar-refractivity contribution in [3.63, 3.8) is 0 Å². The van der Waals surface area contributed by atoms with Crippen LogP contribution in [0.3, 0.4) is 0 Å². The van der Waals surface area contributed by atoms with Gasteiger partial charge in [0, 0.05) is 42.0 Å². The zero-order valence-corrected chi connectivity index (χ0v) is 15.5. The summed E-state index contributed by atoms with van der Waals surface area (Å²) in [7, 11) is 1.55. The van der Waals surface area contributed by atoms with Crippen molar-refractivity contribution < 1.29 is 17.6 Å². The number of benzene rings is 1. The summed E-state index contributed by atoms with van der Waals surface area (Å²) in [6.07, 6.45) is -4.10. The van der Waals surface area contributed by atoms with Crippen LogP contribution in [-0.2, 0) is 19.1 Å². The van der Waals surface area contributed by atoms with Gasteiger partial charge in [-0.25, -0.2) is 9.37 Å². The molecule has 0 saturated heterocycles. The van der Waals surface area contributed by atoms with Crippen LogP contribution in [-0.4, -0.2) is 24.5 Å². The summed E-state index contributed by atoms with van der Waals surface area (Å²) in [5.74, 6) is 0.0839. The average Bonchev–Trinajstić information content (AvgIpc) is 3.03. The first-order chi connectivity index (χ1) is 11.8. The topological polar surface area (TPSA) is 49.3 Å². The summed E-state index contributed by atoms with van der Waals surface area (Å²) in [4.78, 5) is 7.55. The van der Waals surface area contributed by atoms with Gasteiger partial charge in [0.1, 0.15) is 5.82 Å². The number of nitrogens with one attached hydrogen (secondary N) is 2. The molecular weight excluding hydrogens is 424 g/mol. The van der Waals surface area contributed by atoms with E-state index in [1.807, 2.05) is 0 Å². The molecule has 1 aromatic carbocycles. The number of guanidine groups is 1. The summed E-state index contributed by atoms with van der Waals surface area (Å²) in [6.45, 7) is 0.575. The molecule has 10 heteroatoms. The first kappa shape index (κ1) is 19.6. The Labute approximate surface area is 154 Å². The van der Waals surface area contributed by atoms with Crippen molar-refractivity contribution in [2.45, 2.75) is 19.1 Å². The predicted molar refractivity (Wildman–Crippen MR) is 93.1 cm³/mol. The first-order valence-corrected chi connectivity index (χ1v) is 8.87. The van der Waals surface area contributed by atoms with Gasteiger partial charge in [-0.05, 0) is 18.2 Å². The van der Waals surface area contributed by atoms with E-state index in [-0.39, 0.29) is 12.4 Å². The molecule has 1 heterocycles. The third kappa shape index (κ3) is 5.96. The smallest absolute Gasteiger partial charge is 0.356 e. The molecule has 0 atom stereocenters. The lowest BCUT2D eigenvalue weighted by Crippen LogP contribution is -2.38. The van der Waals surface area contributed by atoms with E-state index in [1.165, 1.54) is 6.07 Å². The Kier molecular flexibility index (Phi) is 6.77. The van der Waals surface area contributed by atoms with Gasteiger partial charge in [0.15, 0.2) is 11.7 Å². The quantitative estimate of drug-likeness (QED) is 0.421. The molecule has 0 aliphatic heterocycles. The van der Waals surface area contributed by atoms with Crippen molar-refractivity contribution in [3.8, 4) is 0 Å². The van der Waals surface area contributed by atoms with Crippen molar-refractivity contribution in [1.29, 1.82) is 0 Å². The lowest BCUT2D eigenvalue weighted by molar-refractivity contribution is -0.140. The highest BCUT2D eigenvalue weighted by Gasteiger charge is 2.33. The molecule has 0 bridgehead atoms. The van der Waals surface area contributed by atoms with Crippen LogP contribution >= 0.6 is 27.3 Å². The molecule has 2 rings (SSSR count). The van der Waals surface area contributed by atoms with E-state index in [9.17, 15) is 17.6 Å². The summed E-state index contributed by atoms with van der Waals surface area (Å²) >= 11 is 4.24. The second-order valence-electron chi connectivity index (χ2n) is 4.96. The monoisotopic (exact) mass is 438 g/mol. The van der Waals surface area contributed by atoms with Gasteiger partial charge in [0.25, 0.3) is 0 Å². The minimum absolute atomic E-state index is 0.223. The summed E-state index contributed by atoms with van der Waals surface area (Å²) in [6, 6.07) is 4.62. The molecule has 0 radical (unpaired) electrons. The van der Waals surface area contributed by atoms with Crippen LogP contribution in [0.25, 0.3) is 0 Å². The van der Waals surface area contributed by atoms with E-state index in [2.05, 4.69) is 36.5 Å². The Hall–Kier alpha value is -1.68. The number of nitrogens with zero attached hydrogens (tertiary/aromatic N) is 2. The number of aliphatic imine (C=N–C) groups is 1. The predicted octanol–water partition coefficient (Wildman–Crippen LogP) is 3.97. The van der Waals surface area contributed by atoms with Crippen molar-refractivity contribution >= 4 is 33.2 Å². The standard InChI is InChI=1S/C15H15BrF4N4S/c1-21-14(23-7-9-6-10(16)2-3-11(9)17)22-5-4-13-24-12(8-25-13)15(18,19)20/h2-3,6,8H,4-5,7H2,1H3,(H2,21,22,23). The maximum absolute atomic E-state index is 13.7. The highest BCUT2D eigenvalue weighted by atomic mass is 79.9. The van der Waals surface area contributed by atoms with E-state index >= 15 is 0 Å². The SMILES string of the molecule is CN=C(NCCc1nc(C(F)(F)F)cs1)NCc1cc(Br)ccc1F. The first-order valence-electron chi connectivity index (χ1n) is 7.19. The molecular formula is C15H15BrF4N4S. The van der Waals surface area contributed by atoms with Gasteiger partial charge in [0.05, 0.1) is 5.01 Å². The Morgan fingerprint density at radius 3 is 2.72 bits per heavy atom. The van der Waals surface area contributed by atoms with Crippen molar-refractivity contribution in [3.05, 3.63) is 50.1 Å². The van der Waals surface area contributed by atoms with Crippen molar-refractivity contribution in [1.82, 2.24) is 15.6 Å². The second-order valence-corrected chi connectivity index (χ2v) is 6.82. The van der Waals surface area contributed by atoms with Gasteiger partial charge in [0.2, 0.25) is 0 Å². The van der Waals surface area contributed by atoms with E-state index in [1.54, 1.807) is 19.2 Å². The van der Waals surface area contributed by atoms with Crippen LogP contribution in [0.2, 0.25) is 0 Å². The number of hydrogen-bond donors (Lipinski definition) is 2. The number of rotatable bonds is 5. The third-order valence-electron chi connectivity index (χ3n) is 3.15. The van der Waals surface area contributed by atoms with Crippen LogP contribution in [0.5, 0.6) is 0 Å². The fourth-order valence-corrected chi connectivity index (χ4v) is 3.14. The number of alkyl halides is 3. The Morgan fingerprint density at radius 2 is 2.08 bits per heavy atom. The van der Waals surface area contributed by atoms with Crippen LogP contribution in [0.1, 0.15) is 16.3 Å². The van der Waals surface area contributed by atoms with E-state index in [0.717, 1.165) is 21.2 Å². The molecule has 0 spiro atoms. The zero-order chi connectivity index (χ0) is 18.4. The van der Waals surface area contributed by atoms with Gasteiger partial charge < -0.3 is 10.6 Å². The number of thiazole rings is 1. The highest BCUT2D eigenvalue weighted by molar-refractivity contribution is 9.10. The fraction of sp³-hybridized carbons (Fsp3) is 0.333.